The average Bonchev–Trinajstić information content (AvgIpc) is 3.45. The first kappa shape index (κ1) is 17.5. The number of benzene rings is 2. The van der Waals surface area contributed by atoms with Gasteiger partial charge >= 0.3 is 0 Å². The molecule has 132 valence electrons. The molecule has 0 N–H and O–H groups in total. The zero-order valence-corrected chi connectivity index (χ0v) is 15.3. The van der Waals surface area contributed by atoms with Crippen LogP contribution in [0.4, 0.5) is 11.4 Å². The van der Waals surface area contributed by atoms with Gasteiger partial charge < -0.3 is 0 Å². The highest BCUT2D eigenvalue weighted by atomic mass is 15.1. The molecule has 0 saturated heterocycles. The smallest absolute Gasteiger partial charge is 0.0857 e. The van der Waals surface area contributed by atoms with Crippen LogP contribution >= 0.6 is 0 Å². The highest BCUT2D eigenvalue weighted by Gasteiger charge is 1.98. The van der Waals surface area contributed by atoms with Gasteiger partial charge in [0.25, 0.3) is 0 Å². The van der Waals surface area contributed by atoms with Crippen molar-refractivity contribution < 1.29 is 0 Å². The molecule has 0 atom stereocenters. The van der Waals surface area contributed by atoms with E-state index in [9.17, 15) is 0 Å². The Labute approximate surface area is 165 Å². The summed E-state index contributed by atoms with van der Waals surface area (Å²) in [4.78, 5) is 0. The van der Waals surface area contributed by atoms with E-state index in [1.165, 1.54) is 0 Å². The summed E-state index contributed by atoms with van der Waals surface area (Å²) in [6.45, 7) is 0. The Bertz CT molecular complexity index is 988. The molecule has 2 nitrogen and oxygen atoms in total. The molecule has 0 aliphatic heterocycles. The molecule has 0 amide bonds. The minimum Gasteiger partial charge on any atom is -0.151 e. The van der Waals surface area contributed by atoms with E-state index >= 15 is 0 Å². The third-order valence-electron chi connectivity index (χ3n) is 4.28. The first-order valence-electron chi connectivity index (χ1n) is 9.20. The van der Waals surface area contributed by atoms with Crippen LogP contribution in [0.3, 0.4) is 0 Å². The fourth-order valence-corrected chi connectivity index (χ4v) is 2.73. The maximum absolute atomic E-state index is 4.29. The van der Waals surface area contributed by atoms with Crippen LogP contribution in [0.25, 0.3) is 0 Å². The molecule has 0 fully saturated rings. The van der Waals surface area contributed by atoms with Crippen LogP contribution in [-0.4, -0.2) is 0 Å². The molecule has 2 aliphatic rings. The van der Waals surface area contributed by atoms with E-state index in [1.807, 2.05) is 72.8 Å². The molecule has 2 heteroatoms. The average molecular weight is 358 g/mol. The topological polar surface area (TPSA) is 24.7 Å². The van der Waals surface area contributed by atoms with Gasteiger partial charge in [-0.25, -0.2) is 0 Å². The third-order valence-corrected chi connectivity index (χ3v) is 4.28. The van der Waals surface area contributed by atoms with Crippen molar-refractivity contribution in [2.24, 2.45) is 22.1 Å². The summed E-state index contributed by atoms with van der Waals surface area (Å²) in [5.41, 5.74) is 3.55. The molecule has 0 unspecified atom stereocenters. The molecular formula is C26H18N2. The van der Waals surface area contributed by atoms with Crippen LogP contribution < -0.4 is 0 Å². The second-order valence-electron chi connectivity index (χ2n) is 6.42. The number of azo groups is 1. The van der Waals surface area contributed by atoms with Crippen molar-refractivity contribution in [3.05, 3.63) is 108 Å². The maximum Gasteiger partial charge on any atom is 0.0857 e. The minimum atomic E-state index is 0.220. The lowest BCUT2D eigenvalue weighted by atomic mass is 10.1. The Balaban J connectivity index is 1.37. The molecule has 0 heterocycles. The normalized spacial score (nSPS) is 15.0. The molecule has 0 aromatic heterocycles. The predicted molar refractivity (Wildman–Crippen MR) is 114 cm³/mol. The van der Waals surface area contributed by atoms with Crippen molar-refractivity contribution in [3.8, 4) is 23.7 Å². The summed E-state index contributed by atoms with van der Waals surface area (Å²) in [5, 5.41) is 8.59. The molecular weight excluding hydrogens is 340 g/mol. The quantitative estimate of drug-likeness (QED) is 0.445. The number of hydrogen-bond donors (Lipinski definition) is 0. The van der Waals surface area contributed by atoms with Crippen molar-refractivity contribution in [3.63, 3.8) is 0 Å². The first-order chi connectivity index (χ1) is 13.8. The van der Waals surface area contributed by atoms with Gasteiger partial charge in [0.2, 0.25) is 0 Å². The first-order valence-corrected chi connectivity index (χ1v) is 9.20. The predicted octanol–water partition coefficient (Wildman–Crippen LogP) is 6.29. The minimum absolute atomic E-state index is 0.220. The molecule has 0 radical (unpaired) electrons. The molecule has 2 aromatic carbocycles. The molecule has 2 aromatic rings. The molecule has 0 saturated carbocycles. The maximum atomic E-state index is 4.29. The zero-order chi connectivity index (χ0) is 19.0. The van der Waals surface area contributed by atoms with Crippen LogP contribution in [0.1, 0.15) is 11.1 Å². The lowest BCUT2D eigenvalue weighted by Gasteiger charge is -1.96. The number of hydrogen-bond acceptors (Lipinski definition) is 2. The fraction of sp³-hybridized carbons (Fsp3) is 0.0769. The zero-order valence-electron chi connectivity index (χ0n) is 15.3. The van der Waals surface area contributed by atoms with Crippen molar-refractivity contribution >= 4 is 11.4 Å². The third kappa shape index (κ3) is 4.85. The summed E-state index contributed by atoms with van der Waals surface area (Å²) in [6, 6.07) is 15.6. The van der Waals surface area contributed by atoms with Gasteiger partial charge in [-0.2, -0.15) is 10.2 Å². The second kappa shape index (κ2) is 8.67. The Morgan fingerprint density at radius 1 is 0.500 bits per heavy atom. The lowest BCUT2D eigenvalue weighted by molar-refractivity contribution is 1.15. The van der Waals surface area contributed by atoms with Crippen LogP contribution in [0.2, 0.25) is 0 Å². The van der Waals surface area contributed by atoms with Crippen molar-refractivity contribution in [2.75, 3.05) is 0 Å². The van der Waals surface area contributed by atoms with Crippen molar-refractivity contribution in [1.82, 2.24) is 0 Å². The van der Waals surface area contributed by atoms with Gasteiger partial charge in [-0.15, -0.1) is 0 Å². The van der Waals surface area contributed by atoms with Gasteiger partial charge in [-0.05, 0) is 48.5 Å². The van der Waals surface area contributed by atoms with Gasteiger partial charge in [-0.3, -0.25) is 0 Å². The summed E-state index contributed by atoms with van der Waals surface area (Å²) in [5.74, 6) is 13.2. The van der Waals surface area contributed by atoms with Crippen molar-refractivity contribution in [2.45, 2.75) is 0 Å². The highest BCUT2D eigenvalue weighted by molar-refractivity contribution is 5.48. The van der Waals surface area contributed by atoms with E-state index in [-0.39, 0.29) is 11.8 Å². The number of rotatable bonds is 2. The highest BCUT2D eigenvalue weighted by Crippen LogP contribution is 2.19. The van der Waals surface area contributed by atoms with Crippen LogP contribution in [0.15, 0.2) is 107 Å². The Hall–Kier alpha value is -3.88. The van der Waals surface area contributed by atoms with Gasteiger partial charge in [-0.1, -0.05) is 72.3 Å². The van der Waals surface area contributed by atoms with Gasteiger partial charge in [0.05, 0.1) is 23.2 Å². The van der Waals surface area contributed by atoms with E-state index < -0.39 is 0 Å². The van der Waals surface area contributed by atoms with E-state index in [4.69, 9.17) is 0 Å². The number of allylic oxidation sites excluding steroid dienone is 8. The van der Waals surface area contributed by atoms with Crippen LogP contribution in [-0.2, 0) is 0 Å². The van der Waals surface area contributed by atoms with Crippen LogP contribution in [0, 0.1) is 35.5 Å². The monoisotopic (exact) mass is 358 g/mol. The van der Waals surface area contributed by atoms with E-state index in [2.05, 4.69) is 58.2 Å². The Kier molecular flexibility index (Phi) is 5.43. The van der Waals surface area contributed by atoms with Gasteiger partial charge in [0, 0.05) is 11.1 Å². The lowest BCUT2D eigenvalue weighted by Crippen LogP contribution is -1.82. The molecule has 2 aliphatic carbocycles. The van der Waals surface area contributed by atoms with Gasteiger partial charge in [0.15, 0.2) is 0 Å². The second-order valence-corrected chi connectivity index (χ2v) is 6.42. The summed E-state index contributed by atoms with van der Waals surface area (Å²) >= 11 is 0. The summed E-state index contributed by atoms with van der Waals surface area (Å²) in [7, 11) is 0. The summed E-state index contributed by atoms with van der Waals surface area (Å²) < 4.78 is 0. The summed E-state index contributed by atoms with van der Waals surface area (Å²) in [6.07, 6.45) is 16.4. The SMILES string of the molecule is C(#CC1C=CC=C1)c1ccc(N=Nc2ccc(C#CC3C=CC=C3)cc2)cc1. The van der Waals surface area contributed by atoms with Crippen molar-refractivity contribution in [1.29, 1.82) is 0 Å². The van der Waals surface area contributed by atoms with E-state index in [1.54, 1.807) is 0 Å². The fourth-order valence-electron chi connectivity index (χ4n) is 2.73. The molecule has 28 heavy (non-hydrogen) atoms. The molecule has 4 rings (SSSR count). The Morgan fingerprint density at radius 2 is 0.857 bits per heavy atom. The number of nitrogens with zero attached hydrogens (tertiary/aromatic N) is 2. The largest absolute Gasteiger partial charge is 0.151 e. The van der Waals surface area contributed by atoms with Crippen LogP contribution in [0.5, 0.6) is 0 Å². The van der Waals surface area contributed by atoms with E-state index in [0.29, 0.717) is 0 Å². The molecule has 0 spiro atoms. The van der Waals surface area contributed by atoms with Gasteiger partial charge in [0.1, 0.15) is 0 Å². The van der Waals surface area contributed by atoms with E-state index in [0.717, 1.165) is 22.5 Å². The molecule has 0 bridgehead atoms. The Morgan fingerprint density at radius 3 is 1.21 bits per heavy atom. The standard InChI is InChI=1S/C26H18N2/c1-2-6-21(5-1)9-11-23-13-17-25(18-14-23)27-28-26-19-15-24(16-20-26)12-10-22-7-3-4-8-22/h1-8,13-22H.